The van der Waals surface area contributed by atoms with Crippen LogP contribution in [-0.4, -0.2) is 10.9 Å². The second-order valence-corrected chi connectivity index (χ2v) is 5.75. The number of benzene rings is 1. The minimum atomic E-state index is -4.58. The lowest BCUT2D eigenvalue weighted by molar-refractivity contribution is -0.141. The number of nitrogens with zero attached hydrogens (tertiary/aromatic N) is 1. The van der Waals surface area contributed by atoms with Crippen LogP contribution in [0.5, 0.6) is 0 Å². The van der Waals surface area contributed by atoms with E-state index in [0.29, 0.717) is 0 Å². The molecular formula is C14H8Cl3F3N2O. The Morgan fingerprint density at radius 1 is 1.09 bits per heavy atom. The molecule has 9 heteroatoms. The van der Waals surface area contributed by atoms with Crippen molar-refractivity contribution in [2.45, 2.75) is 13.1 Å². The predicted octanol–water partition coefficient (Wildman–Crippen LogP) is 5.62. The summed E-state index contributed by atoms with van der Waals surface area (Å²) in [5.41, 5.74) is -0.960. The van der Waals surface area contributed by atoms with Gasteiger partial charge in [0.15, 0.2) is 0 Å². The summed E-state index contributed by atoms with van der Waals surface area (Å²) in [6.45, 7) is 1.31. The maximum absolute atomic E-state index is 12.6. The minimum absolute atomic E-state index is 0.0138. The molecule has 0 unspecified atom stereocenters. The summed E-state index contributed by atoms with van der Waals surface area (Å²) in [5, 5.41) is 2.99. The number of halogens is 6. The maximum atomic E-state index is 12.6. The third kappa shape index (κ3) is 4.07. The summed E-state index contributed by atoms with van der Waals surface area (Å²) in [5.74, 6) is -0.663. The van der Waals surface area contributed by atoms with E-state index in [-0.39, 0.29) is 32.0 Å². The molecule has 0 bridgehead atoms. The van der Waals surface area contributed by atoms with E-state index in [0.717, 1.165) is 12.1 Å². The van der Waals surface area contributed by atoms with Crippen LogP contribution in [0.15, 0.2) is 24.3 Å². The van der Waals surface area contributed by atoms with Crippen molar-refractivity contribution in [1.29, 1.82) is 0 Å². The quantitative estimate of drug-likeness (QED) is 0.684. The number of amides is 1. The number of aromatic nitrogens is 1. The molecule has 0 aliphatic rings. The van der Waals surface area contributed by atoms with Gasteiger partial charge >= 0.3 is 6.18 Å². The van der Waals surface area contributed by atoms with Gasteiger partial charge in [-0.05, 0) is 31.2 Å². The van der Waals surface area contributed by atoms with Gasteiger partial charge in [-0.2, -0.15) is 13.2 Å². The molecule has 1 aromatic heterocycles. The number of nitrogens with one attached hydrogen (secondary N) is 1. The predicted molar refractivity (Wildman–Crippen MR) is 83.4 cm³/mol. The van der Waals surface area contributed by atoms with Crippen LogP contribution in [0.25, 0.3) is 0 Å². The van der Waals surface area contributed by atoms with E-state index in [1.54, 1.807) is 0 Å². The van der Waals surface area contributed by atoms with Crippen molar-refractivity contribution in [3.8, 4) is 0 Å². The molecule has 1 heterocycles. The fourth-order valence-corrected chi connectivity index (χ4v) is 2.36. The van der Waals surface area contributed by atoms with Crippen LogP contribution in [0, 0.1) is 6.92 Å². The van der Waals surface area contributed by atoms with E-state index in [1.165, 1.54) is 19.1 Å². The maximum Gasteiger partial charge on any atom is 0.433 e. The second kappa shape index (κ2) is 6.55. The standard InChI is InChI=1S/C14H8Cl3F3N2O/c1-6-7(2-3-12(21-6)14(18,19)20)13(23)22-11-5-9(16)8(15)4-10(11)17/h2-5H,1H3,(H,22,23). The van der Waals surface area contributed by atoms with Gasteiger partial charge in [-0.1, -0.05) is 34.8 Å². The van der Waals surface area contributed by atoms with Crippen molar-refractivity contribution in [1.82, 2.24) is 4.98 Å². The van der Waals surface area contributed by atoms with Crippen LogP contribution in [0.3, 0.4) is 0 Å². The molecule has 0 spiro atoms. The van der Waals surface area contributed by atoms with Gasteiger partial charge in [-0.25, -0.2) is 4.98 Å². The highest BCUT2D eigenvalue weighted by molar-refractivity contribution is 6.44. The number of pyridine rings is 1. The van der Waals surface area contributed by atoms with Crippen LogP contribution < -0.4 is 5.32 Å². The number of anilines is 1. The van der Waals surface area contributed by atoms with Gasteiger partial charge in [0.1, 0.15) is 5.69 Å². The van der Waals surface area contributed by atoms with Crippen LogP contribution in [0.2, 0.25) is 15.1 Å². The number of carbonyl (C=O) groups is 1. The Bertz CT molecular complexity index is 779. The summed E-state index contributed by atoms with van der Waals surface area (Å²) >= 11 is 17.6. The Hall–Kier alpha value is -1.50. The largest absolute Gasteiger partial charge is 0.433 e. The average molecular weight is 384 g/mol. The lowest BCUT2D eigenvalue weighted by Gasteiger charge is -2.12. The molecule has 1 N–H and O–H groups in total. The van der Waals surface area contributed by atoms with E-state index in [1.807, 2.05) is 0 Å². The van der Waals surface area contributed by atoms with Gasteiger partial charge in [0, 0.05) is 0 Å². The van der Waals surface area contributed by atoms with Gasteiger partial charge < -0.3 is 5.32 Å². The molecule has 0 saturated carbocycles. The molecule has 1 amide bonds. The zero-order valence-corrected chi connectivity index (χ0v) is 13.7. The lowest BCUT2D eigenvalue weighted by Crippen LogP contribution is -2.16. The Labute approximate surface area is 144 Å². The van der Waals surface area contributed by atoms with E-state index in [9.17, 15) is 18.0 Å². The molecule has 0 fully saturated rings. The van der Waals surface area contributed by atoms with Crippen molar-refractivity contribution in [3.63, 3.8) is 0 Å². The summed E-state index contributed by atoms with van der Waals surface area (Å²) in [4.78, 5) is 15.6. The molecule has 1 aromatic carbocycles. The highest BCUT2D eigenvalue weighted by atomic mass is 35.5. The van der Waals surface area contributed by atoms with Crippen LogP contribution >= 0.6 is 34.8 Å². The van der Waals surface area contributed by atoms with E-state index in [2.05, 4.69) is 10.3 Å². The monoisotopic (exact) mass is 382 g/mol. The molecule has 3 nitrogen and oxygen atoms in total. The van der Waals surface area contributed by atoms with Gasteiger partial charge in [-0.3, -0.25) is 4.79 Å². The van der Waals surface area contributed by atoms with Gasteiger partial charge in [0.2, 0.25) is 0 Å². The third-order valence-electron chi connectivity index (χ3n) is 2.88. The van der Waals surface area contributed by atoms with Crippen molar-refractivity contribution >= 4 is 46.4 Å². The lowest BCUT2D eigenvalue weighted by atomic mass is 10.1. The molecule has 0 saturated heterocycles. The first kappa shape index (κ1) is 17.8. The van der Waals surface area contributed by atoms with E-state index < -0.39 is 17.8 Å². The summed E-state index contributed by atoms with van der Waals surface area (Å²) in [6.07, 6.45) is -4.58. The number of aryl methyl sites for hydroxylation is 1. The normalized spacial score (nSPS) is 11.4. The van der Waals surface area contributed by atoms with Crippen molar-refractivity contribution in [2.75, 3.05) is 5.32 Å². The van der Waals surface area contributed by atoms with Gasteiger partial charge in [0.05, 0.1) is 32.0 Å². The van der Waals surface area contributed by atoms with Crippen LogP contribution in [0.1, 0.15) is 21.7 Å². The highest BCUT2D eigenvalue weighted by Gasteiger charge is 2.33. The molecule has 122 valence electrons. The number of hydrogen-bond acceptors (Lipinski definition) is 2. The van der Waals surface area contributed by atoms with Gasteiger partial charge in [0.25, 0.3) is 5.91 Å². The van der Waals surface area contributed by atoms with Crippen molar-refractivity contribution < 1.29 is 18.0 Å². The first-order valence-electron chi connectivity index (χ1n) is 6.10. The topological polar surface area (TPSA) is 42.0 Å². The van der Waals surface area contributed by atoms with Crippen LogP contribution in [-0.2, 0) is 6.18 Å². The Kier molecular flexibility index (Phi) is 5.08. The van der Waals surface area contributed by atoms with Gasteiger partial charge in [-0.15, -0.1) is 0 Å². The van der Waals surface area contributed by atoms with Crippen LogP contribution in [0.4, 0.5) is 18.9 Å². The molecular weight excluding hydrogens is 376 g/mol. The zero-order valence-electron chi connectivity index (χ0n) is 11.4. The number of alkyl halides is 3. The van der Waals surface area contributed by atoms with Crippen molar-refractivity contribution in [2.24, 2.45) is 0 Å². The fourth-order valence-electron chi connectivity index (χ4n) is 1.77. The first-order valence-corrected chi connectivity index (χ1v) is 7.23. The number of rotatable bonds is 2. The van der Waals surface area contributed by atoms with E-state index in [4.69, 9.17) is 34.8 Å². The average Bonchev–Trinajstić information content (AvgIpc) is 2.43. The van der Waals surface area contributed by atoms with Crippen molar-refractivity contribution in [3.05, 3.63) is 56.3 Å². The molecule has 0 radical (unpaired) electrons. The smallest absolute Gasteiger partial charge is 0.321 e. The Balaban J connectivity index is 2.30. The molecule has 0 atom stereocenters. The minimum Gasteiger partial charge on any atom is -0.321 e. The summed E-state index contributed by atoms with van der Waals surface area (Å²) < 4.78 is 37.7. The summed E-state index contributed by atoms with van der Waals surface area (Å²) in [7, 11) is 0. The molecule has 2 aromatic rings. The Morgan fingerprint density at radius 2 is 1.70 bits per heavy atom. The number of carbonyl (C=O) groups excluding carboxylic acids is 1. The fraction of sp³-hybridized carbons (Fsp3) is 0.143. The Morgan fingerprint density at radius 3 is 2.26 bits per heavy atom. The third-order valence-corrected chi connectivity index (χ3v) is 3.91. The highest BCUT2D eigenvalue weighted by Crippen LogP contribution is 2.33. The SMILES string of the molecule is Cc1nc(C(F)(F)F)ccc1C(=O)Nc1cc(Cl)c(Cl)cc1Cl. The summed E-state index contributed by atoms with van der Waals surface area (Å²) in [6, 6.07) is 4.47. The molecule has 23 heavy (non-hydrogen) atoms. The zero-order chi connectivity index (χ0) is 17.4. The number of hydrogen-bond donors (Lipinski definition) is 1. The molecule has 0 aliphatic heterocycles. The second-order valence-electron chi connectivity index (χ2n) is 4.53. The van der Waals surface area contributed by atoms with E-state index >= 15 is 0 Å². The molecule has 2 rings (SSSR count). The first-order chi connectivity index (χ1) is 10.6. The molecule has 0 aliphatic carbocycles.